The van der Waals surface area contributed by atoms with E-state index in [0.29, 0.717) is 0 Å². The minimum absolute atomic E-state index is 0.111. The first-order chi connectivity index (χ1) is 12.9. The largest absolute Gasteiger partial charge is 0.505 e. The maximum Gasteiger partial charge on any atom is 0.247 e. The second-order valence-electron chi connectivity index (χ2n) is 5.98. The van der Waals surface area contributed by atoms with Crippen molar-refractivity contribution in [2.75, 3.05) is 0 Å². The minimum atomic E-state index is -4.06. The summed E-state index contributed by atoms with van der Waals surface area (Å²) in [4.78, 5) is -0.313. The Balaban J connectivity index is 2.05. The van der Waals surface area contributed by atoms with Crippen LogP contribution in [0.5, 0.6) is 5.75 Å². The molecule has 0 aromatic heterocycles. The monoisotopic (exact) mass is 421 g/mol. The molecule has 0 radical (unpaired) electrons. The quantitative estimate of drug-likeness (QED) is 0.602. The van der Waals surface area contributed by atoms with E-state index in [4.69, 9.17) is 23.2 Å². The van der Waals surface area contributed by atoms with Crippen LogP contribution < -0.4 is 0 Å². The molecule has 1 N–H and O–H groups in total. The summed E-state index contributed by atoms with van der Waals surface area (Å²) in [5.41, 5.74) is 1.65. The molecule has 0 saturated heterocycles. The number of nitrogens with zero attached hydrogens (tertiary/aromatic N) is 1. The first-order valence-corrected chi connectivity index (χ1v) is 10.3. The molecule has 140 valence electrons. The maximum atomic E-state index is 13.3. The average molecular weight is 422 g/mol. The number of sulfonamides is 1. The molecule has 7 heteroatoms. The van der Waals surface area contributed by atoms with E-state index in [9.17, 15) is 13.5 Å². The molecular weight excluding hydrogens is 405 g/mol. The molecule has 4 nitrogen and oxygen atoms in total. The van der Waals surface area contributed by atoms with Crippen molar-refractivity contribution in [3.63, 3.8) is 0 Å². The second kappa shape index (κ2) is 8.31. The molecule has 27 heavy (non-hydrogen) atoms. The van der Waals surface area contributed by atoms with Gasteiger partial charge in [-0.1, -0.05) is 83.9 Å². The van der Waals surface area contributed by atoms with E-state index in [1.165, 1.54) is 16.4 Å². The molecule has 0 atom stereocenters. The van der Waals surface area contributed by atoms with Gasteiger partial charge in [-0.3, -0.25) is 0 Å². The Morgan fingerprint density at radius 1 is 0.815 bits per heavy atom. The van der Waals surface area contributed by atoms with Gasteiger partial charge in [-0.15, -0.1) is 0 Å². The van der Waals surface area contributed by atoms with Crippen LogP contribution in [0.15, 0.2) is 77.7 Å². The van der Waals surface area contributed by atoms with Crippen LogP contribution in [0.4, 0.5) is 0 Å². The summed E-state index contributed by atoms with van der Waals surface area (Å²) in [5, 5.41) is 10.3. The highest BCUT2D eigenvalue weighted by Gasteiger charge is 2.29. The molecule has 0 spiro atoms. The molecule has 0 fully saturated rings. The molecule has 0 aliphatic carbocycles. The van der Waals surface area contributed by atoms with Gasteiger partial charge in [0.15, 0.2) is 5.75 Å². The summed E-state index contributed by atoms with van der Waals surface area (Å²) in [7, 11) is -4.06. The predicted octanol–water partition coefficient (Wildman–Crippen LogP) is 5.09. The lowest BCUT2D eigenvalue weighted by atomic mass is 10.2. The lowest BCUT2D eigenvalue weighted by molar-refractivity contribution is 0.394. The van der Waals surface area contributed by atoms with Gasteiger partial charge in [-0.25, -0.2) is 8.42 Å². The Morgan fingerprint density at radius 3 is 1.78 bits per heavy atom. The molecule has 3 rings (SSSR count). The third-order valence-electron chi connectivity index (χ3n) is 4.01. The van der Waals surface area contributed by atoms with Crippen LogP contribution in [0.3, 0.4) is 0 Å². The first-order valence-electron chi connectivity index (χ1n) is 8.14. The van der Waals surface area contributed by atoms with Gasteiger partial charge >= 0.3 is 0 Å². The van der Waals surface area contributed by atoms with Gasteiger partial charge in [0.1, 0.15) is 4.90 Å². The van der Waals surface area contributed by atoms with Crippen molar-refractivity contribution in [1.29, 1.82) is 0 Å². The molecule has 0 amide bonds. The van der Waals surface area contributed by atoms with Crippen molar-refractivity contribution in [2.45, 2.75) is 18.0 Å². The molecule has 0 aliphatic rings. The van der Waals surface area contributed by atoms with Crippen molar-refractivity contribution < 1.29 is 13.5 Å². The number of benzene rings is 3. The number of aromatic hydroxyl groups is 1. The van der Waals surface area contributed by atoms with E-state index in [0.717, 1.165) is 11.1 Å². The average Bonchev–Trinajstić information content (AvgIpc) is 2.65. The fourth-order valence-electron chi connectivity index (χ4n) is 2.68. The Labute approximate surface area is 168 Å². The van der Waals surface area contributed by atoms with Gasteiger partial charge in [0.2, 0.25) is 10.0 Å². The van der Waals surface area contributed by atoms with E-state index >= 15 is 0 Å². The predicted molar refractivity (Wildman–Crippen MR) is 107 cm³/mol. The molecule has 3 aromatic rings. The fourth-order valence-corrected chi connectivity index (χ4v) is 4.84. The highest BCUT2D eigenvalue weighted by molar-refractivity contribution is 7.89. The third-order valence-corrected chi connectivity index (χ3v) is 6.33. The van der Waals surface area contributed by atoms with Gasteiger partial charge in [0, 0.05) is 18.1 Å². The third kappa shape index (κ3) is 4.62. The van der Waals surface area contributed by atoms with Crippen molar-refractivity contribution in [1.82, 2.24) is 4.31 Å². The maximum absolute atomic E-state index is 13.3. The lowest BCUT2D eigenvalue weighted by Crippen LogP contribution is -2.30. The molecular formula is C20H17Cl2NO3S. The highest BCUT2D eigenvalue weighted by atomic mass is 35.5. The zero-order valence-electron chi connectivity index (χ0n) is 14.2. The summed E-state index contributed by atoms with van der Waals surface area (Å²) in [6.45, 7) is 0.281. The minimum Gasteiger partial charge on any atom is -0.505 e. The van der Waals surface area contributed by atoms with Crippen LogP contribution in [-0.4, -0.2) is 17.8 Å². The van der Waals surface area contributed by atoms with Crippen molar-refractivity contribution >= 4 is 33.2 Å². The van der Waals surface area contributed by atoms with Gasteiger partial charge < -0.3 is 5.11 Å². The Morgan fingerprint density at radius 2 is 1.30 bits per heavy atom. The first kappa shape index (κ1) is 19.7. The smallest absolute Gasteiger partial charge is 0.247 e. The van der Waals surface area contributed by atoms with E-state index in [2.05, 4.69) is 0 Å². The van der Waals surface area contributed by atoms with Crippen LogP contribution in [0.1, 0.15) is 11.1 Å². The number of hydrogen-bond donors (Lipinski definition) is 1. The summed E-state index contributed by atoms with van der Waals surface area (Å²) in [6, 6.07) is 21.0. The van der Waals surface area contributed by atoms with E-state index in [-0.39, 0.29) is 28.0 Å². The van der Waals surface area contributed by atoms with E-state index in [1.807, 2.05) is 60.7 Å². The Kier molecular flexibility index (Phi) is 6.07. The van der Waals surface area contributed by atoms with Crippen LogP contribution in [0.2, 0.25) is 10.0 Å². The standard InChI is InChI=1S/C20H17Cl2NO3S/c21-17-11-18(22)20(24)19(12-17)27(25,26)23(13-15-7-3-1-4-8-15)14-16-9-5-2-6-10-16/h1-12,24H,13-14H2. The van der Waals surface area contributed by atoms with Crippen molar-refractivity contribution in [3.8, 4) is 5.75 Å². The number of halogens is 2. The van der Waals surface area contributed by atoms with Crippen molar-refractivity contribution in [3.05, 3.63) is 94.0 Å². The molecule has 0 aliphatic heterocycles. The van der Waals surface area contributed by atoms with Gasteiger partial charge in [-0.2, -0.15) is 4.31 Å². The SMILES string of the molecule is O=S(=O)(c1cc(Cl)cc(Cl)c1O)N(Cc1ccccc1)Cc1ccccc1. The van der Waals surface area contributed by atoms with Crippen LogP contribution in [-0.2, 0) is 23.1 Å². The fraction of sp³-hybridized carbons (Fsp3) is 0.100. The van der Waals surface area contributed by atoms with Gasteiger partial charge in [0.05, 0.1) is 5.02 Å². The van der Waals surface area contributed by atoms with Crippen LogP contribution in [0.25, 0.3) is 0 Å². The topological polar surface area (TPSA) is 57.6 Å². The Bertz CT molecular complexity index is 984. The summed E-state index contributed by atoms with van der Waals surface area (Å²) in [6.07, 6.45) is 0. The van der Waals surface area contributed by atoms with Crippen LogP contribution in [0, 0.1) is 0 Å². The molecule has 0 heterocycles. The van der Waals surface area contributed by atoms with E-state index in [1.54, 1.807) is 0 Å². The zero-order valence-corrected chi connectivity index (χ0v) is 16.5. The van der Waals surface area contributed by atoms with Crippen molar-refractivity contribution in [2.24, 2.45) is 0 Å². The number of phenols is 1. The second-order valence-corrected chi connectivity index (χ2v) is 8.73. The lowest BCUT2D eigenvalue weighted by Gasteiger charge is -2.23. The number of hydrogen-bond acceptors (Lipinski definition) is 3. The molecule has 0 unspecified atom stereocenters. The molecule has 0 saturated carbocycles. The van der Waals surface area contributed by atoms with E-state index < -0.39 is 15.8 Å². The normalized spacial score (nSPS) is 11.7. The van der Waals surface area contributed by atoms with Gasteiger partial charge in [-0.05, 0) is 23.3 Å². The summed E-state index contributed by atoms with van der Waals surface area (Å²) < 4.78 is 27.9. The van der Waals surface area contributed by atoms with Crippen LogP contribution >= 0.6 is 23.2 Å². The Hall–Kier alpha value is -2.05. The number of rotatable bonds is 6. The number of phenolic OH excluding ortho intramolecular Hbond substituents is 1. The molecule has 0 bridgehead atoms. The summed E-state index contributed by atoms with van der Waals surface area (Å²) >= 11 is 11.9. The molecule has 3 aromatic carbocycles. The zero-order chi connectivity index (χ0) is 19.4. The van der Waals surface area contributed by atoms with Gasteiger partial charge in [0.25, 0.3) is 0 Å². The summed E-state index contributed by atoms with van der Waals surface area (Å²) in [5.74, 6) is -0.507. The highest BCUT2D eigenvalue weighted by Crippen LogP contribution is 2.36.